The number of aromatic nitrogens is 4. The molecule has 0 spiro atoms. The maximum Gasteiger partial charge on any atom is 0.247 e. The van der Waals surface area contributed by atoms with E-state index in [4.69, 9.17) is 14.7 Å². The van der Waals surface area contributed by atoms with Gasteiger partial charge in [0, 0.05) is 31.0 Å². The number of ether oxygens (including phenoxy) is 1. The lowest BCUT2D eigenvalue weighted by Crippen LogP contribution is -2.36. The summed E-state index contributed by atoms with van der Waals surface area (Å²) in [5.74, 6) is 1.27. The van der Waals surface area contributed by atoms with Crippen molar-refractivity contribution in [2.24, 2.45) is 5.10 Å². The molecule has 5 rings (SSSR count). The molecule has 0 radical (unpaired) electrons. The third-order valence-corrected chi connectivity index (χ3v) is 5.96. The number of fused-ring (bicyclic) bond motifs is 1. The minimum absolute atomic E-state index is 0.418. The van der Waals surface area contributed by atoms with Gasteiger partial charge in [-0.05, 0) is 24.6 Å². The molecule has 1 aromatic carbocycles. The van der Waals surface area contributed by atoms with Gasteiger partial charge in [-0.25, -0.2) is 10.4 Å². The predicted octanol–water partition coefficient (Wildman–Crippen LogP) is 3.74. The van der Waals surface area contributed by atoms with Crippen LogP contribution in [-0.2, 0) is 4.74 Å². The number of anilines is 2. The number of nitrogens with one attached hydrogen (secondary N) is 1. The lowest BCUT2D eigenvalue weighted by atomic mass is 10.2. The van der Waals surface area contributed by atoms with Crippen LogP contribution >= 0.6 is 11.3 Å². The smallest absolute Gasteiger partial charge is 0.247 e. The number of hydrogen-bond acceptors (Lipinski definition) is 9. The van der Waals surface area contributed by atoms with E-state index >= 15 is 0 Å². The first kappa shape index (κ1) is 19.5. The monoisotopic (exact) mass is 431 g/mol. The highest BCUT2D eigenvalue weighted by Gasteiger charge is 2.21. The van der Waals surface area contributed by atoms with Gasteiger partial charge in [-0.2, -0.15) is 15.1 Å². The Labute approximate surface area is 183 Å². The van der Waals surface area contributed by atoms with Crippen LogP contribution in [0.5, 0.6) is 0 Å². The average molecular weight is 432 g/mol. The van der Waals surface area contributed by atoms with Crippen LogP contribution in [0.1, 0.15) is 11.1 Å². The second kappa shape index (κ2) is 8.75. The maximum absolute atomic E-state index is 5.52. The van der Waals surface area contributed by atoms with E-state index in [1.54, 1.807) is 23.7 Å². The Morgan fingerprint density at radius 2 is 2.03 bits per heavy atom. The number of hydrogen-bond donors (Lipinski definition) is 1. The predicted molar refractivity (Wildman–Crippen MR) is 124 cm³/mol. The van der Waals surface area contributed by atoms with Crippen molar-refractivity contribution in [3.63, 3.8) is 0 Å². The molecule has 3 aromatic heterocycles. The second-order valence-corrected chi connectivity index (χ2v) is 8.17. The summed E-state index contributed by atoms with van der Waals surface area (Å²) >= 11 is 1.58. The zero-order valence-electron chi connectivity index (χ0n) is 17.0. The summed E-state index contributed by atoms with van der Waals surface area (Å²) in [7, 11) is 0. The van der Waals surface area contributed by atoms with Crippen LogP contribution in [-0.4, -0.2) is 52.5 Å². The molecule has 1 aliphatic rings. The molecule has 0 unspecified atom stereocenters. The van der Waals surface area contributed by atoms with E-state index < -0.39 is 0 Å². The van der Waals surface area contributed by atoms with Gasteiger partial charge in [-0.15, -0.1) is 11.3 Å². The van der Waals surface area contributed by atoms with Crippen molar-refractivity contribution >= 4 is 39.7 Å². The molecule has 0 aliphatic carbocycles. The van der Waals surface area contributed by atoms with Crippen LogP contribution in [0.3, 0.4) is 0 Å². The molecule has 1 saturated heterocycles. The van der Waals surface area contributed by atoms with Crippen LogP contribution in [0.4, 0.5) is 11.8 Å². The number of aryl methyl sites for hydroxylation is 1. The van der Waals surface area contributed by atoms with Crippen molar-refractivity contribution < 1.29 is 4.74 Å². The lowest BCUT2D eigenvalue weighted by Gasteiger charge is -2.28. The molecule has 0 bridgehead atoms. The molecular weight excluding hydrogens is 410 g/mol. The molecule has 1 aliphatic heterocycles. The van der Waals surface area contributed by atoms with Crippen molar-refractivity contribution in [3.8, 4) is 10.6 Å². The van der Waals surface area contributed by atoms with Gasteiger partial charge in [0.2, 0.25) is 5.95 Å². The average Bonchev–Trinajstić information content (AvgIpc) is 3.24. The number of pyridine rings is 1. The normalized spacial score (nSPS) is 14.4. The fourth-order valence-corrected chi connectivity index (χ4v) is 4.39. The highest BCUT2D eigenvalue weighted by Crippen LogP contribution is 2.35. The van der Waals surface area contributed by atoms with Gasteiger partial charge in [0.1, 0.15) is 9.71 Å². The van der Waals surface area contributed by atoms with Crippen LogP contribution in [0.15, 0.2) is 53.9 Å². The van der Waals surface area contributed by atoms with Gasteiger partial charge in [-0.3, -0.25) is 4.98 Å². The fraction of sp³-hybridized carbons (Fsp3) is 0.227. The second-order valence-electron chi connectivity index (χ2n) is 7.17. The number of morpholine rings is 1. The fourth-order valence-electron chi connectivity index (χ4n) is 3.38. The first-order valence-corrected chi connectivity index (χ1v) is 10.9. The molecule has 4 aromatic rings. The highest BCUT2D eigenvalue weighted by atomic mass is 32.1. The van der Waals surface area contributed by atoms with E-state index in [1.165, 1.54) is 5.56 Å². The number of nitrogens with zero attached hydrogens (tertiary/aromatic N) is 6. The molecule has 0 atom stereocenters. The van der Waals surface area contributed by atoms with Gasteiger partial charge < -0.3 is 9.64 Å². The Morgan fingerprint density at radius 3 is 2.84 bits per heavy atom. The maximum atomic E-state index is 5.52. The molecule has 9 heteroatoms. The summed E-state index contributed by atoms with van der Waals surface area (Å²) < 4.78 is 6.47. The van der Waals surface area contributed by atoms with E-state index in [0.29, 0.717) is 24.8 Å². The summed E-state index contributed by atoms with van der Waals surface area (Å²) in [6.45, 7) is 4.96. The minimum atomic E-state index is 0.418. The standard InChI is InChI=1S/C22H21N7OS/c1-15-4-2-5-16(12-15)13-24-28-22-26-19-18(20(27-22)29-8-10-30-11-9-29)31-21(25-19)17-6-3-7-23-14-17/h2-7,12-14H,8-11H2,1H3,(H,26,27,28)/b24-13+. The number of hydrazone groups is 1. The van der Waals surface area contributed by atoms with Gasteiger partial charge in [-0.1, -0.05) is 29.8 Å². The summed E-state index contributed by atoms with van der Waals surface area (Å²) in [5, 5.41) is 5.20. The molecular formula is C22H21N7OS. The largest absolute Gasteiger partial charge is 0.378 e. The summed E-state index contributed by atoms with van der Waals surface area (Å²) in [5.41, 5.74) is 6.78. The van der Waals surface area contributed by atoms with Crippen LogP contribution in [0.2, 0.25) is 0 Å². The topological polar surface area (TPSA) is 88.4 Å². The summed E-state index contributed by atoms with van der Waals surface area (Å²) in [4.78, 5) is 20.6. The van der Waals surface area contributed by atoms with Gasteiger partial charge in [0.15, 0.2) is 11.5 Å². The van der Waals surface area contributed by atoms with Crippen molar-refractivity contribution in [2.45, 2.75) is 6.92 Å². The molecule has 8 nitrogen and oxygen atoms in total. The van der Waals surface area contributed by atoms with E-state index in [-0.39, 0.29) is 0 Å². The SMILES string of the molecule is Cc1cccc(/C=N/Nc2nc(N3CCOCC3)c3sc(-c4cccnc4)nc3n2)c1. The van der Waals surface area contributed by atoms with Gasteiger partial charge in [0.25, 0.3) is 0 Å². The molecule has 0 saturated carbocycles. The van der Waals surface area contributed by atoms with Crippen molar-refractivity contribution in [1.82, 2.24) is 19.9 Å². The first-order valence-electron chi connectivity index (χ1n) is 10.0. The number of thiazole rings is 1. The third kappa shape index (κ3) is 4.37. The van der Waals surface area contributed by atoms with E-state index in [9.17, 15) is 0 Å². The van der Waals surface area contributed by atoms with Crippen LogP contribution in [0, 0.1) is 6.92 Å². The number of rotatable bonds is 5. The summed E-state index contributed by atoms with van der Waals surface area (Å²) in [6.07, 6.45) is 5.33. The Hall–Kier alpha value is -3.43. The highest BCUT2D eigenvalue weighted by molar-refractivity contribution is 7.22. The van der Waals surface area contributed by atoms with Crippen molar-refractivity contribution in [2.75, 3.05) is 36.6 Å². The van der Waals surface area contributed by atoms with Gasteiger partial charge >= 0.3 is 0 Å². The van der Waals surface area contributed by atoms with Crippen LogP contribution < -0.4 is 10.3 Å². The lowest BCUT2D eigenvalue weighted by molar-refractivity contribution is 0.122. The summed E-state index contributed by atoms with van der Waals surface area (Å²) in [6, 6.07) is 12.0. The Bertz CT molecular complexity index is 1220. The van der Waals surface area contributed by atoms with Crippen molar-refractivity contribution in [1.29, 1.82) is 0 Å². The molecule has 1 fully saturated rings. The Morgan fingerprint density at radius 1 is 1.13 bits per heavy atom. The Kier molecular flexibility index (Phi) is 5.51. The Balaban J connectivity index is 1.50. The van der Waals surface area contributed by atoms with E-state index in [0.717, 1.165) is 39.7 Å². The molecule has 4 heterocycles. The van der Waals surface area contributed by atoms with Gasteiger partial charge in [0.05, 0.1) is 19.4 Å². The molecule has 31 heavy (non-hydrogen) atoms. The number of benzene rings is 1. The van der Waals surface area contributed by atoms with E-state index in [2.05, 4.69) is 44.5 Å². The molecule has 0 amide bonds. The molecule has 1 N–H and O–H groups in total. The molecule has 156 valence electrons. The minimum Gasteiger partial charge on any atom is -0.378 e. The first-order chi connectivity index (χ1) is 15.3. The quantitative estimate of drug-likeness (QED) is 0.380. The van der Waals surface area contributed by atoms with E-state index in [1.807, 2.05) is 30.5 Å². The van der Waals surface area contributed by atoms with Crippen molar-refractivity contribution in [3.05, 3.63) is 59.9 Å². The zero-order chi connectivity index (χ0) is 21.0. The third-order valence-electron chi connectivity index (χ3n) is 4.88. The zero-order valence-corrected chi connectivity index (χ0v) is 17.8. The van der Waals surface area contributed by atoms with Crippen LogP contribution in [0.25, 0.3) is 20.9 Å².